The van der Waals surface area contributed by atoms with Gasteiger partial charge in [0.05, 0.1) is 6.04 Å². The van der Waals surface area contributed by atoms with E-state index in [1.54, 1.807) is 0 Å². The number of rotatable bonds is 9. The van der Waals surface area contributed by atoms with Crippen LogP contribution in [0.4, 0.5) is 0 Å². The predicted molar refractivity (Wildman–Crippen MR) is 133 cm³/mol. The molecule has 0 amide bonds. The molecule has 166 valence electrons. The molecule has 1 aliphatic rings. The number of fused-ring (bicyclic) bond motifs is 1. The van der Waals surface area contributed by atoms with Crippen LogP contribution in [0.1, 0.15) is 56.9 Å². The van der Waals surface area contributed by atoms with E-state index in [-0.39, 0.29) is 24.0 Å². The fourth-order valence-electron chi connectivity index (χ4n) is 3.97. The lowest BCUT2D eigenvalue weighted by molar-refractivity contribution is 0.219. The zero-order valence-corrected chi connectivity index (χ0v) is 20.8. The fourth-order valence-corrected chi connectivity index (χ4v) is 3.97. The third-order valence-corrected chi connectivity index (χ3v) is 5.56. The van der Waals surface area contributed by atoms with Crippen molar-refractivity contribution in [1.29, 1.82) is 0 Å². The first-order chi connectivity index (χ1) is 14.3. The van der Waals surface area contributed by atoms with Gasteiger partial charge in [-0.05, 0) is 38.4 Å². The van der Waals surface area contributed by atoms with Crippen molar-refractivity contribution in [3.63, 3.8) is 0 Å². The number of halogens is 1. The number of nitrogens with one attached hydrogen (secondary N) is 2. The Balaban J connectivity index is 0.00000320. The van der Waals surface area contributed by atoms with E-state index in [1.165, 1.54) is 18.4 Å². The highest BCUT2D eigenvalue weighted by Crippen LogP contribution is 2.19. The number of aromatic nitrogens is 3. The summed E-state index contributed by atoms with van der Waals surface area (Å²) < 4.78 is 2.24. The van der Waals surface area contributed by atoms with Gasteiger partial charge < -0.3 is 15.2 Å². The van der Waals surface area contributed by atoms with Gasteiger partial charge in [0.1, 0.15) is 12.4 Å². The molecule has 0 spiro atoms. The number of aliphatic imine (C=N–C) groups is 1. The van der Waals surface area contributed by atoms with Crippen LogP contribution in [0.3, 0.4) is 0 Å². The summed E-state index contributed by atoms with van der Waals surface area (Å²) in [5.41, 5.74) is 1.33. The van der Waals surface area contributed by atoms with Gasteiger partial charge in [0, 0.05) is 26.1 Å². The Kier molecular flexibility index (Phi) is 10.6. The highest BCUT2D eigenvalue weighted by atomic mass is 127. The van der Waals surface area contributed by atoms with Crippen molar-refractivity contribution in [3.8, 4) is 0 Å². The van der Waals surface area contributed by atoms with Gasteiger partial charge in [0.15, 0.2) is 11.8 Å². The van der Waals surface area contributed by atoms with Crippen LogP contribution in [0, 0.1) is 0 Å². The normalized spacial score (nSPS) is 14.7. The van der Waals surface area contributed by atoms with Crippen LogP contribution < -0.4 is 10.6 Å². The van der Waals surface area contributed by atoms with Gasteiger partial charge in [-0.3, -0.25) is 4.90 Å². The lowest BCUT2D eigenvalue weighted by Gasteiger charge is -2.30. The van der Waals surface area contributed by atoms with Crippen LogP contribution in [0.2, 0.25) is 0 Å². The number of aryl methyl sites for hydroxylation is 1. The molecule has 0 saturated heterocycles. The second-order valence-electron chi connectivity index (χ2n) is 7.36. The molecular formula is C22H36IN7. The van der Waals surface area contributed by atoms with Gasteiger partial charge in [-0.25, -0.2) is 4.99 Å². The minimum Gasteiger partial charge on any atom is -0.357 e. The van der Waals surface area contributed by atoms with Crippen LogP contribution in [0.25, 0.3) is 0 Å². The third kappa shape index (κ3) is 6.41. The molecule has 0 fully saturated rings. The Morgan fingerprint density at radius 1 is 1.10 bits per heavy atom. The number of nitrogens with zero attached hydrogens (tertiary/aromatic N) is 5. The van der Waals surface area contributed by atoms with E-state index in [2.05, 4.69) is 81.4 Å². The molecule has 1 atom stereocenters. The molecule has 0 radical (unpaired) electrons. The van der Waals surface area contributed by atoms with Crippen LogP contribution in [0.5, 0.6) is 0 Å². The van der Waals surface area contributed by atoms with Crippen molar-refractivity contribution in [3.05, 3.63) is 47.5 Å². The molecule has 0 saturated carbocycles. The SMILES string of the molecule is CCNC(=NCc1nnc2n1CCCC2)NCC(c1ccccc1)N(CC)CC.I. The number of hydrogen-bond donors (Lipinski definition) is 2. The Morgan fingerprint density at radius 2 is 1.87 bits per heavy atom. The van der Waals surface area contributed by atoms with Gasteiger partial charge in [0.25, 0.3) is 0 Å². The Hall–Kier alpha value is -1.68. The van der Waals surface area contributed by atoms with Crippen molar-refractivity contribution in [2.24, 2.45) is 4.99 Å². The minimum atomic E-state index is 0. The zero-order chi connectivity index (χ0) is 20.5. The first-order valence-corrected chi connectivity index (χ1v) is 11.0. The van der Waals surface area contributed by atoms with Gasteiger partial charge >= 0.3 is 0 Å². The molecule has 2 heterocycles. The molecule has 7 nitrogen and oxygen atoms in total. The van der Waals surface area contributed by atoms with E-state index in [1.807, 2.05) is 0 Å². The van der Waals surface area contributed by atoms with E-state index < -0.39 is 0 Å². The van der Waals surface area contributed by atoms with Crippen LogP contribution in [0.15, 0.2) is 35.3 Å². The molecule has 0 bridgehead atoms. The summed E-state index contributed by atoms with van der Waals surface area (Å²) in [4.78, 5) is 7.27. The second kappa shape index (κ2) is 12.9. The highest BCUT2D eigenvalue weighted by Gasteiger charge is 2.19. The number of likely N-dealkylation sites (N-methyl/N-ethyl adjacent to an activating group) is 1. The summed E-state index contributed by atoms with van der Waals surface area (Å²) in [6, 6.07) is 11.0. The second-order valence-corrected chi connectivity index (χ2v) is 7.36. The summed E-state index contributed by atoms with van der Waals surface area (Å²) in [6.07, 6.45) is 3.43. The number of benzene rings is 1. The van der Waals surface area contributed by atoms with Crippen molar-refractivity contribution >= 4 is 29.9 Å². The van der Waals surface area contributed by atoms with Crippen molar-refractivity contribution in [2.75, 3.05) is 26.2 Å². The average molecular weight is 525 g/mol. The summed E-state index contributed by atoms with van der Waals surface area (Å²) in [5.74, 6) is 2.89. The van der Waals surface area contributed by atoms with Crippen molar-refractivity contribution in [1.82, 2.24) is 30.3 Å². The molecule has 1 aromatic carbocycles. The Labute approximate surface area is 197 Å². The van der Waals surface area contributed by atoms with Gasteiger partial charge in [-0.15, -0.1) is 34.2 Å². The van der Waals surface area contributed by atoms with Gasteiger partial charge in [-0.2, -0.15) is 0 Å². The summed E-state index contributed by atoms with van der Waals surface area (Å²) in [6.45, 7) is 11.7. The van der Waals surface area contributed by atoms with Crippen LogP contribution in [-0.4, -0.2) is 51.8 Å². The molecule has 2 aromatic rings. The average Bonchev–Trinajstić information content (AvgIpc) is 3.18. The van der Waals surface area contributed by atoms with E-state index in [0.29, 0.717) is 12.6 Å². The first kappa shape index (κ1) is 24.6. The van der Waals surface area contributed by atoms with E-state index in [0.717, 1.165) is 56.8 Å². The molecule has 1 unspecified atom stereocenters. The predicted octanol–water partition coefficient (Wildman–Crippen LogP) is 3.37. The third-order valence-electron chi connectivity index (χ3n) is 5.56. The van der Waals surface area contributed by atoms with Gasteiger partial charge in [-0.1, -0.05) is 44.2 Å². The molecule has 1 aromatic heterocycles. The van der Waals surface area contributed by atoms with E-state index in [4.69, 9.17) is 4.99 Å². The fraction of sp³-hybridized carbons (Fsp3) is 0.591. The summed E-state index contributed by atoms with van der Waals surface area (Å²) in [7, 11) is 0. The molecular weight excluding hydrogens is 489 g/mol. The smallest absolute Gasteiger partial charge is 0.191 e. The lowest BCUT2D eigenvalue weighted by Crippen LogP contribution is -2.43. The molecule has 0 aliphatic carbocycles. The maximum absolute atomic E-state index is 4.79. The highest BCUT2D eigenvalue weighted by molar-refractivity contribution is 14.0. The van der Waals surface area contributed by atoms with Crippen LogP contribution >= 0.6 is 24.0 Å². The van der Waals surface area contributed by atoms with Crippen molar-refractivity contribution < 1.29 is 0 Å². The summed E-state index contributed by atoms with van der Waals surface area (Å²) >= 11 is 0. The first-order valence-electron chi connectivity index (χ1n) is 11.0. The number of hydrogen-bond acceptors (Lipinski definition) is 4. The quantitative estimate of drug-likeness (QED) is 0.299. The Bertz CT molecular complexity index is 771. The van der Waals surface area contributed by atoms with E-state index >= 15 is 0 Å². The monoisotopic (exact) mass is 525 g/mol. The van der Waals surface area contributed by atoms with Gasteiger partial charge in [0.2, 0.25) is 0 Å². The zero-order valence-electron chi connectivity index (χ0n) is 18.5. The topological polar surface area (TPSA) is 70.4 Å². The van der Waals surface area contributed by atoms with E-state index in [9.17, 15) is 0 Å². The number of guanidine groups is 1. The molecule has 8 heteroatoms. The molecule has 30 heavy (non-hydrogen) atoms. The minimum absolute atomic E-state index is 0. The molecule has 3 rings (SSSR count). The summed E-state index contributed by atoms with van der Waals surface area (Å²) in [5, 5.41) is 15.6. The molecule has 2 N–H and O–H groups in total. The lowest BCUT2D eigenvalue weighted by atomic mass is 10.1. The van der Waals surface area contributed by atoms with Crippen LogP contribution in [-0.2, 0) is 19.5 Å². The molecule has 1 aliphatic heterocycles. The standard InChI is InChI=1S/C22H35N7.HI/c1-4-23-22(25-17-21-27-26-20-14-10-11-15-29(20)21)24-16-19(28(5-2)6-3)18-12-8-7-9-13-18;/h7-9,12-13,19H,4-6,10-11,14-17H2,1-3H3,(H2,23,24,25);1H. The largest absolute Gasteiger partial charge is 0.357 e. The Morgan fingerprint density at radius 3 is 2.57 bits per heavy atom. The maximum atomic E-state index is 4.79. The van der Waals surface area contributed by atoms with Crippen molar-refractivity contribution in [2.45, 2.75) is 59.2 Å². The maximum Gasteiger partial charge on any atom is 0.191 e.